The zero-order chi connectivity index (χ0) is 17.5. The zero-order valence-corrected chi connectivity index (χ0v) is 14.6. The van der Waals surface area contributed by atoms with Crippen molar-refractivity contribution in [2.24, 2.45) is 0 Å². The monoisotopic (exact) mass is 353 g/mol. The van der Waals surface area contributed by atoms with Gasteiger partial charge in [0.1, 0.15) is 11.6 Å². The Morgan fingerprint density at radius 3 is 2.68 bits per heavy atom. The highest BCUT2D eigenvalue weighted by Gasteiger charge is 2.12. The second-order valence-electron chi connectivity index (χ2n) is 5.62. The van der Waals surface area contributed by atoms with Gasteiger partial charge in [-0.25, -0.2) is 0 Å². The molecule has 3 rings (SSSR count). The standard InChI is InChI=1S/C19H19N3O2S/c20-13-16(19(23)21-14-18-2-1-11-25-18)12-15-3-5-17(6-4-15)22-7-9-24-10-8-22/h1-6,11-12H,7-10,14H2,(H,21,23)/b16-12+. The molecule has 2 heterocycles. The number of ether oxygens (including phenoxy) is 1. The number of hydrogen-bond donors (Lipinski definition) is 1. The Labute approximate surface area is 151 Å². The predicted octanol–water partition coefficient (Wildman–Crippen LogP) is 2.81. The summed E-state index contributed by atoms with van der Waals surface area (Å²) >= 11 is 1.57. The maximum absolute atomic E-state index is 12.2. The molecule has 1 aliphatic heterocycles. The topological polar surface area (TPSA) is 65.4 Å². The van der Waals surface area contributed by atoms with Crippen LogP contribution in [0.3, 0.4) is 0 Å². The van der Waals surface area contributed by atoms with Crippen LogP contribution < -0.4 is 10.2 Å². The van der Waals surface area contributed by atoms with Gasteiger partial charge in [0.15, 0.2) is 0 Å². The summed E-state index contributed by atoms with van der Waals surface area (Å²) in [6.45, 7) is 3.67. The minimum Gasteiger partial charge on any atom is -0.378 e. The van der Waals surface area contributed by atoms with Gasteiger partial charge in [0, 0.05) is 23.7 Å². The first-order valence-electron chi connectivity index (χ1n) is 8.11. The van der Waals surface area contributed by atoms with Crippen molar-refractivity contribution in [2.75, 3.05) is 31.2 Å². The minimum absolute atomic E-state index is 0.107. The normalized spacial score (nSPS) is 14.8. The van der Waals surface area contributed by atoms with E-state index < -0.39 is 0 Å². The molecule has 0 bridgehead atoms. The number of carbonyl (C=O) groups excluding carboxylic acids is 1. The summed E-state index contributed by atoms with van der Waals surface area (Å²) in [5.74, 6) is -0.354. The number of nitriles is 1. The van der Waals surface area contributed by atoms with Crippen molar-refractivity contribution < 1.29 is 9.53 Å². The van der Waals surface area contributed by atoms with Crippen LogP contribution in [0.2, 0.25) is 0 Å². The smallest absolute Gasteiger partial charge is 0.262 e. The molecule has 1 aromatic heterocycles. The van der Waals surface area contributed by atoms with Gasteiger partial charge >= 0.3 is 0 Å². The van der Waals surface area contributed by atoms with Gasteiger partial charge in [0.05, 0.1) is 19.8 Å². The van der Waals surface area contributed by atoms with Gasteiger partial charge in [0.25, 0.3) is 5.91 Å². The number of carbonyl (C=O) groups is 1. The third kappa shape index (κ3) is 4.69. The number of nitrogens with one attached hydrogen (secondary N) is 1. The molecule has 1 N–H and O–H groups in total. The lowest BCUT2D eigenvalue weighted by Crippen LogP contribution is -2.36. The Balaban J connectivity index is 1.64. The molecule has 5 nitrogen and oxygen atoms in total. The number of morpholine rings is 1. The molecular formula is C19H19N3O2S. The molecule has 0 radical (unpaired) electrons. The number of amides is 1. The fourth-order valence-electron chi connectivity index (χ4n) is 2.59. The Bertz CT molecular complexity index is 770. The quantitative estimate of drug-likeness (QED) is 0.663. The zero-order valence-electron chi connectivity index (χ0n) is 13.8. The molecule has 25 heavy (non-hydrogen) atoms. The maximum atomic E-state index is 12.2. The molecule has 0 spiro atoms. The van der Waals surface area contributed by atoms with Crippen molar-refractivity contribution in [1.82, 2.24) is 5.32 Å². The fourth-order valence-corrected chi connectivity index (χ4v) is 3.24. The summed E-state index contributed by atoms with van der Waals surface area (Å²) < 4.78 is 5.36. The summed E-state index contributed by atoms with van der Waals surface area (Å²) in [5, 5.41) is 14.0. The summed E-state index contributed by atoms with van der Waals surface area (Å²) in [5.41, 5.74) is 2.07. The van der Waals surface area contributed by atoms with Crippen molar-refractivity contribution in [3.05, 3.63) is 57.8 Å². The SMILES string of the molecule is N#C/C(=C\c1ccc(N2CCOCC2)cc1)C(=O)NCc1cccs1. The lowest BCUT2D eigenvalue weighted by atomic mass is 10.1. The van der Waals surface area contributed by atoms with Crippen LogP contribution in [-0.2, 0) is 16.1 Å². The number of nitrogens with zero attached hydrogens (tertiary/aromatic N) is 2. The van der Waals surface area contributed by atoms with Gasteiger partial charge in [-0.2, -0.15) is 5.26 Å². The van der Waals surface area contributed by atoms with Gasteiger partial charge in [0.2, 0.25) is 0 Å². The molecule has 128 valence electrons. The van der Waals surface area contributed by atoms with E-state index in [4.69, 9.17) is 4.74 Å². The van der Waals surface area contributed by atoms with Gasteiger partial charge in [-0.3, -0.25) is 4.79 Å². The van der Waals surface area contributed by atoms with Crippen LogP contribution in [0.4, 0.5) is 5.69 Å². The van der Waals surface area contributed by atoms with E-state index in [1.54, 1.807) is 17.4 Å². The molecule has 0 aliphatic carbocycles. The van der Waals surface area contributed by atoms with Crippen molar-refractivity contribution in [2.45, 2.75) is 6.54 Å². The van der Waals surface area contributed by atoms with E-state index in [-0.39, 0.29) is 11.5 Å². The first kappa shape index (κ1) is 17.2. The highest BCUT2D eigenvalue weighted by molar-refractivity contribution is 7.09. The Morgan fingerprint density at radius 2 is 2.04 bits per heavy atom. The average Bonchev–Trinajstić information content (AvgIpc) is 3.19. The van der Waals surface area contributed by atoms with Crippen molar-refractivity contribution in [3.8, 4) is 6.07 Å². The van der Waals surface area contributed by atoms with Crippen LogP contribution in [0, 0.1) is 11.3 Å². The van der Waals surface area contributed by atoms with Crippen molar-refractivity contribution in [3.63, 3.8) is 0 Å². The summed E-state index contributed by atoms with van der Waals surface area (Å²) in [6.07, 6.45) is 1.62. The van der Waals surface area contributed by atoms with Crippen LogP contribution >= 0.6 is 11.3 Å². The van der Waals surface area contributed by atoms with E-state index in [0.717, 1.165) is 42.4 Å². The van der Waals surface area contributed by atoms with Gasteiger partial charge in [-0.05, 0) is 35.2 Å². The summed E-state index contributed by atoms with van der Waals surface area (Å²) in [7, 11) is 0. The molecule has 1 fully saturated rings. The molecular weight excluding hydrogens is 334 g/mol. The van der Waals surface area contributed by atoms with Crippen LogP contribution in [0.1, 0.15) is 10.4 Å². The van der Waals surface area contributed by atoms with Gasteiger partial charge < -0.3 is 15.0 Å². The van der Waals surface area contributed by atoms with E-state index in [0.29, 0.717) is 6.54 Å². The molecule has 6 heteroatoms. The minimum atomic E-state index is -0.354. The van der Waals surface area contributed by atoms with Crippen molar-refractivity contribution in [1.29, 1.82) is 5.26 Å². The van der Waals surface area contributed by atoms with Crippen LogP contribution in [0.15, 0.2) is 47.4 Å². The molecule has 1 aromatic carbocycles. The second-order valence-corrected chi connectivity index (χ2v) is 6.66. The largest absolute Gasteiger partial charge is 0.378 e. The molecule has 1 saturated heterocycles. The fraction of sp³-hybridized carbons (Fsp3) is 0.263. The lowest BCUT2D eigenvalue weighted by Gasteiger charge is -2.28. The first-order chi connectivity index (χ1) is 12.3. The molecule has 0 atom stereocenters. The van der Waals surface area contributed by atoms with E-state index in [2.05, 4.69) is 10.2 Å². The third-order valence-corrected chi connectivity index (χ3v) is 4.83. The van der Waals surface area contributed by atoms with Gasteiger partial charge in [-0.1, -0.05) is 18.2 Å². The highest BCUT2D eigenvalue weighted by atomic mass is 32.1. The van der Waals surface area contributed by atoms with E-state index in [1.807, 2.05) is 47.8 Å². The third-order valence-electron chi connectivity index (χ3n) is 3.95. The molecule has 0 saturated carbocycles. The summed E-state index contributed by atoms with van der Waals surface area (Å²) in [6, 6.07) is 13.7. The van der Waals surface area contributed by atoms with E-state index >= 15 is 0 Å². The van der Waals surface area contributed by atoms with Crippen molar-refractivity contribution >= 4 is 29.0 Å². The highest BCUT2D eigenvalue weighted by Crippen LogP contribution is 2.18. The molecule has 1 amide bonds. The number of thiophene rings is 1. The average molecular weight is 353 g/mol. The van der Waals surface area contributed by atoms with E-state index in [9.17, 15) is 10.1 Å². The van der Waals surface area contributed by atoms with Crippen LogP contribution in [-0.4, -0.2) is 32.2 Å². The molecule has 2 aromatic rings. The molecule has 0 unspecified atom stereocenters. The lowest BCUT2D eigenvalue weighted by molar-refractivity contribution is -0.117. The number of anilines is 1. The predicted molar refractivity (Wildman–Crippen MR) is 99.2 cm³/mol. The van der Waals surface area contributed by atoms with Gasteiger partial charge in [-0.15, -0.1) is 11.3 Å². The summed E-state index contributed by atoms with van der Waals surface area (Å²) in [4.78, 5) is 15.5. The van der Waals surface area contributed by atoms with Crippen LogP contribution in [0.5, 0.6) is 0 Å². The van der Waals surface area contributed by atoms with Crippen LogP contribution in [0.25, 0.3) is 6.08 Å². The number of hydrogen-bond acceptors (Lipinski definition) is 5. The Hall–Kier alpha value is -2.62. The number of rotatable bonds is 5. The number of benzene rings is 1. The first-order valence-corrected chi connectivity index (χ1v) is 8.99. The second kappa shape index (κ2) is 8.47. The molecule has 1 aliphatic rings. The maximum Gasteiger partial charge on any atom is 0.262 e. The van der Waals surface area contributed by atoms with E-state index in [1.165, 1.54) is 0 Å². The Morgan fingerprint density at radius 1 is 1.28 bits per heavy atom. The Kier molecular flexibility index (Phi) is 5.83.